The average molecular weight is 175 g/mol. The summed E-state index contributed by atoms with van der Waals surface area (Å²) in [6, 6.07) is 0. The molecule has 0 aliphatic carbocycles. The number of nitrogens with one attached hydrogen (secondary N) is 1. The summed E-state index contributed by atoms with van der Waals surface area (Å²) in [4.78, 5) is 10.1. The summed E-state index contributed by atoms with van der Waals surface area (Å²) in [6.45, 7) is 4.93. The van der Waals surface area contributed by atoms with Gasteiger partial charge in [-0.2, -0.15) is 0 Å². The predicted octanol–water partition coefficient (Wildman–Crippen LogP) is 0.176. The Bertz CT molecular complexity index is 95.4. The van der Waals surface area contributed by atoms with Gasteiger partial charge in [-0.25, -0.2) is 0 Å². The van der Waals surface area contributed by atoms with Crippen LogP contribution >= 0.6 is 0 Å². The van der Waals surface area contributed by atoms with E-state index in [4.69, 9.17) is 9.47 Å². The summed E-state index contributed by atoms with van der Waals surface area (Å²) >= 11 is 0. The SMILES string of the molecule is C1COCCO1.CCC(=O)NC. The lowest BCUT2D eigenvalue weighted by molar-refractivity contribution is -0.120. The molecule has 0 radical (unpaired) electrons. The van der Waals surface area contributed by atoms with Crippen molar-refractivity contribution in [3.8, 4) is 0 Å². The predicted molar refractivity (Wildman–Crippen MR) is 46.0 cm³/mol. The molecule has 4 nitrogen and oxygen atoms in total. The van der Waals surface area contributed by atoms with Crippen LogP contribution in [-0.4, -0.2) is 39.4 Å². The molecule has 0 atom stereocenters. The number of hydrogen-bond donors (Lipinski definition) is 1. The molecule has 12 heavy (non-hydrogen) atoms. The lowest BCUT2D eigenvalue weighted by atomic mass is 10.5. The smallest absolute Gasteiger partial charge is 0.219 e. The zero-order valence-corrected chi connectivity index (χ0v) is 7.76. The fourth-order valence-electron chi connectivity index (χ4n) is 0.617. The van der Waals surface area contributed by atoms with E-state index >= 15 is 0 Å². The maximum atomic E-state index is 10.1. The third-order valence-corrected chi connectivity index (χ3v) is 1.34. The van der Waals surface area contributed by atoms with Crippen LogP contribution in [0.2, 0.25) is 0 Å². The Hall–Kier alpha value is -0.610. The summed E-state index contributed by atoms with van der Waals surface area (Å²) in [6.07, 6.45) is 0.580. The quantitative estimate of drug-likeness (QED) is 0.618. The Kier molecular flexibility index (Phi) is 8.05. The molecule has 1 fully saturated rings. The van der Waals surface area contributed by atoms with Gasteiger partial charge >= 0.3 is 0 Å². The highest BCUT2D eigenvalue weighted by Crippen LogP contribution is 1.85. The molecular formula is C8H17NO3. The van der Waals surface area contributed by atoms with E-state index in [9.17, 15) is 4.79 Å². The van der Waals surface area contributed by atoms with Crippen LogP contribution in [0.15, 0.2) is 0 Å². The maximum absolute atomic E-state index is 10.1. The van der Waals surface area contributed by atoms with Crippen molar-refractivity contribution in [2.45, 2.75) is 13.3 Å². The zero-order chi connectivity index (χ0) is 9.23. The second-order valence-corrected chi connectivity index (χ2v) is 2.25. The first-order valence-corrected chi connectivity index (χ1v) is 4.17. The molecule has 0 aromatic carbocycles. The molecule has 1 saturated heterocycles. The van der Waals surface area contributed by atoms with Crippen LogP contribution in [0.3, 0.4) is 0 Å². The maximum Gasteiger partial charge on any atom is 0.219 e. The fraction of sp³-hybridized carbons (Fsp3) is 0.875. The summed E-state index contributed by atoms with van der Waals surface area (Å²) in [7, 11) is 1.63. The third kappa shape index (κ3) is 7.50. The Balaban J connectivity index is 0.000000202. The van der Waals surface area contributed by atoms with Gasteiger partial charge in [-0.15, -0.1) is 0 Å². The molecule has 4 heteroatoms. The molecule has 0 saturated carbocycles. The van der Waals surface area contributed by atoms with Gasteiger partial charge in [-0.3, -0.25) is 4.79 Å². The van der Waals surface area contributed by atoms with Crippen LogP contribution in [0.4, 0.5) is 0 Å². The van der Waals surface area contributed by atoms with Gasteiger partial charge in [0.2, 0.25) is 5.91 Å². The highest BCUT2D eigenvalue weighted by atomic mass is 16.6. The van der Waals surface area contributed by atoms with Gasteiger partial charge in [0.05, 0.1) is 26.4 Å². The van der Waals surface area contributed by atoms with Crippen molar-refractivity contribution in [1.82, 2.24) is 5.32 Å². The first-order chi connectivity index (χ1) is 5.81. The fourth-order valence-corrected chi connectivity index (χ4v) is 0.617. The highest BCUT2D eigenvalue weighted by Gasteiger charge is 1.94. The van der Waals surface area contributed by atoms with Crippen molar-refractivity contribution >= 4 is 5.91 Å². The monoisotopic (exact) mass is 175 g/mol. The number of carbonyl (C=O) groups excluding carboxylic acids is 1. The molecular weight excluding hydrogens is 158 g/mol. The van der Waals surface area contributed by atoms with Gasteiger partial charge in [-0.05, 0) is 0 Å². The van der Waals surface area contributed by atoms with Gasteiger partial charge in [0.1, 0.15) is 0 Å². The van der Waals surface area contributed by atoms with Crippen LogP contribution < -0.4 is 5.32 Å². The van der Waals surface area contributed by atoms with Gasteiger partial charge in [-0.1, -0.05) is 6.92 Å². The largest absolute Gasteiger partial charge is 0.377 e. The number of rotatable bonds is 1. The second-order valence-electron chi connectivity index (χ2n) is 2.25. The molecule has 72 valence electrons. The van der Waals surface area contributed by atoms with Gasteiger partial charge in [0, 0.05) is 13.5 Å². The second kappa shape index (κ2) is 8.49. The minimum Gasteiger partial charge on any atom is -0.377 e. The van der Waals surface area contributed by atoms with Crippen LogP contribution in [0.25, 0.3) is 0 Å². The third-order valence-electron chi connectivity index (χ3n) is 1.34. The van der Waals surface area contributed by atoms with E-state index in [-0.39, 0.29) is 5.91 Å². The van der Waals surface area contributed by atoms with E-state index < -0.39 is 0 Å². The molecule has 0 spiro atoms. The molecule has 1 amide bonds. The lowest BCUT2D eigenvalue weighted by Crippen LogP contribution is -2.16. The van der Waals surface area contributed by atoms with E-state index in [1.165, 1.54) is 0 Å². The van der Waals surface area contributed by atoms with Crippen molar-refractivity contribution in [3.63, 3.8) is 0 Å². The molecule has 0 bridgehead atoms. The van der Waals surface area contributed by atoms with Crippen molar-refractivity contribution in [1.29, 1.82) is 0 Å². The van der Waals surface area contributed by atoms with E-state index in [1.807, 2.05) is 6.92 Å². The number of amides is 1. The lowest BCUT2D eigenvalue weighted by Gasteiger charge is -2.09. The average Bonchev–Trinajstić information content (AvgIpc) is 2.20. The summed E-state index contributed by atoms with van der Waals surface area (Å²) < 4.78 is 9.89. The highest BCUT2D eigenvalue weighted by molar-refractivity contribution is 5.74. The van der Waals surface area contributed by atoms with Crippen LogP contribution in [0.1, 0.15) is 13.3 Å². The van der Waals surface area contributed by atoms with Gasteiger partial charge in [0.15, 0.2) is 0 Å². The van der Waals surface area contributed by atoms with Crippen molar-refractivity contribution in [2.75, 3.05) is 33.5 Å². The summed E-state index contributed by atoms with van der Waals surface area (Å²) in [5.74, 6) is 0.0926. The zero-order valence-electron chi connectivity index (χ0n) is 7.76. The molecule has 0 aromatic heterocycles. The Morgan fingerprint density at radius 3 is 1.75 bits per heavy atom. The summed E-state index contributed by atoms with van der Waals surface area (Å²) in [5, 5.41) is 2.48. The molecule has 1 heterocycles. The van der Waals surface area contributed by atoms with E-state index in [1.54, 1.807) is 7.05 Å². The normalized spacial score (nSPS) is 15.8. The minimum atomic E-state index is 0.0926. The van der Waals surface area contributed by atoms with Gasteiger partial charge < -0.3 is 14.8 Å². The minimum absolute atomic E-state index is 0.0926. The summed E-state index contributed by atoms with van der Waals surface area (Å²) in [5.41, 5.74) is 0. The first kappa shape index (κ1) is 11.4. The van der Waals surface area contributed by atoms with Crippen molar-refractivity contribution in [2.24, 2.45) is 0 Å². The standard InChI is InChI=1S/C4H9NO.C4H8O2/c1-3-4(6)5-2;1-2-6-4-3-5-1/h3H2,1-2H3,(H,5,6);1-4H2. The van der Waals surface area contributed by atoms with Gasteiger partial charge in [0.25, 0.3) is 0 Å². The Morgan fingerprint density at radius 2 is 1.67 bits per heavy atom. The Morgan fingerprint density at radius 1 is 1.25 bits per heavy atom. The van der Waals surface area contributed by atoms with E-state index in [0.29, 0.717) is 6.42 Å². The molecule has 1 aliphatic rings. The van der Waals surface area contributed by atoms with E-state index in [2.05, 4.69) is 5.32 Å². The van der Waals surface area contributed by atoms with Crippen molar-refractivity contribution in [3.05, 3.63) is 0 Å². The number of hydrogen-bond acceptors (Lipinski definition) is 3. The molecule has 0 unspecified atom stereocenters. The number of carbonyl (C=O) groups is 1. The van der Waals surface area contributed by atoms with Crippen LogP contribution in [-0.2, 0) is 14.3 Å². The molecule has 1 N–H and O–H groups in total. The first-order valence-electron chi connectivity index (χ1n) is 4.17. The Labute approximate surface area is 73.2 Å². The molecule has 1 aliphatic heterocycles. The molecule has 1 rings (SSSR count). The van der Waals surface area contributed by atoms with E-state index in [0.717, 1.165) is 26.4 Å². The topological polar surface area (TPSA) is 47.6 Å². The van der Waals surface area contributed by atoms with Crippen LogP contribution in [0.5, 0.6) is 0 Å². The molecule has 0 aromatic rings. The van der Waals surface area contributed by atoms with Crippen LogP contribution in [0, 0.1) is 0 Å². The number of ether oxygens (including phenoxy) is 2. The van der Waals surface area contributed by atoms with Crippen molar-refractivity contribution < 1.29 is 14.3 Å².